The minimum Gasteiger partial charge on any atom is -0.386 e. The molecule has 1 aliphatic carbocycles. The van der Waals surface area contributed by atoms with Crippen molar-refractivity contribution in [2.75, 3.05) is 23.0 Å². The van der Waals surface area contributed by atoms with Crippen LogP contribution in [0.2, 0.25) is 5.02 Å². The maximum Gasteiger partial charge on any atom is 0.323 e. The first kappa shape index (κ1) is 19.6. The number of aryl methyl sites for hydroxylation is 1. The molecule has 0 bridgehead atoms. The highest BCUT2D eigenvalue weighted by Gasteiger charge is 2.30. The number of hydrogen-bond acceptors (Lipinski definition) is 6. The quantitative estimate of drug-likeness (QED) is 0.481. The summed E-state index contributed by atoms with van der Waals surface area (Å²) in [5, 5.41) is 10.2. The molecule has 7 nitrogen and oxygen atoms in total. The Hall–Kier alpha value is -2.71. The number of carbonyl (C=O) groups is 2. The third kappa shape index (κ3) is 4.04. The van der Waals surface area contributed by atoms with Crippen LogP contribution in [0.25, 0.3) is 10.3 Å². The highest BCUT2D eigenvalue weighted by molar-refractivity contribution is 7.18. The fraction of sp³-hybridized carbons (Fsp3) is 0.300. The first-order valence-electron chi connectivity index (χ1n) is 9.28. The molecular weight excluding hydrogens is 410 g/mol. The van der Waals surface area contributed by atoms with Gasteiger partial charge in [-0.2, -0.15) is 0 Å². The van der Waals surface area contributed by atoms with Crippen molar-refractivity contribution in [3.8, 4) is 0 Å². The summed E-state index contributed by atoms with van der Waals surface area (Å²) < 4.78 is 0. The molecule has 1 aromatic carbocycles. The molecular formula is C20H20ClN5O2S. The Bertz CT molecular complexity index is 1110. The van der Waals surface area contributed by atoms with Gasteiger partial charge in [-0.25, -0.2) is 14.8 Å². The van der Waals surface area contributed by atoms with Crippen LogP contribution < -0.4 is 16.0 Å². The Morgan fingerprint density at radius 3 is 2.76 bits per heavy atom. The summed E-state index contributed by atoms with van der Waals surface area (Å²) in [7, 11) is 1.73. The highest BCUT2D eigenvalue weighted by Crippen LogP contribution is 2.46. The van der Waals surface area contributed by atoms with Gasteiger partial charge in [0.2, 0.25) is 0 Å². The SMILES string of the molecule is CNc1c(CC=O)cc(Cl)cc1NC(=O)Nc1cnc2sc(C)nc2c1C1CC1. The molecule has 2 amide bonds. The topological polar surface area (TPSA) is 96.0 Å². The molecule has 0 spiro atoms. The van der Waals surface area contributed by atoms with E-state index >= 15 is 0 Å². The molecule has 0 aliphatic heterocycles. The van der Waals surface area contributed by atoms with Crippen LogP contribution in [0.1, 0.15) is 34.9 Å². The fourth-order valence-electron chi connectivity index (χ4n) is 3.47. The number of amides is 2. The van der Waals surface area contributed by atoms with Crippen molar-refractivity contribution in [1.82, 2.24) is 9.97 Å². The lowest BCUT2D eigenvalue weighted by molar-refractivity contribution is -0.107. The zero-order valence-corrected chi connectivity index (χ0v) is 17.6. The predicted octanol–water partition coefficient (Wildman–Crippen LogP) is 4.96. The number of rotatable bonds is 6. The van der Waals surface area contributed by atoms with E-state index in [1.54, 1.807) is 36.7 Å². The number of nitrogens with one attached hydrogen (secondary N) is 3. The van der Waals surface area contributed by atoms with Gasteiger partial charge in [0, 0.05) is 24.1 Å². The van der Waals surface area contributed by atoms with Crippen LogP contribution in [0.5, 0.6) is 0 Å². The van der Waals surface area contributed by atoms with Crippen molar-refractivity contribution in [3.63, 3.8) is 0 Å². The van der Waals surface area contributed by atoms with Gasteiger partial charge in [-0.1, -0.05) is 22.9 Å². The van der Waals surface area contributed by atoms with Crippen LogP contribution in [0.4, 0.5) is 21.9 Å². The van der Waals surface area contributed by atoms with Crippen molar-refractivity contribution >= 4 is 62.7 Å². The number of pyridine rings is 1. The Morgan fingerprint density at radius 2 is 2.07 bits per heavy atom. The number of aldehydes is 1. The van der Waals surface area contributed by atoms with Crippen molar-refractivity contribution < 1.29 is 9.59 Å². The van der Waals surface area contributed by atoms with E-state index in [4.69, 9.17) is 11.6 Å². The molecule has 0 atom stereocenters. The minimum atomic E-state index is -0.407. The molecule has 150 valence electrons. The zero-order valence-electron chi connectivity index (χ0n) is 16.0. The maximum atomic E-state index is 12.8. The zero-order chi connectivity index (χ0) is 20.5. The lowest BCUT2D eigenvalue weighted by atomic mass is 10.1. The number of fused-ring (bicyclic) bond motifs is 1. The number of urea groups is 1. The van der Waals surface area contributed by atoms with E-state index in [9.17, 15) is 9.59 Å². The van der Waals surface area contributed by atoms with Crippen molar-refractivity contribution in [1.29, 1.82) is 0 Å². The van der Waals surface area contributed by atoms with E-state index in [1.807, 2.05) is 6.92 Å². The molecule has 4 rings (SSSR count). The molecule has 29 heavy (non-hydrogen) atoms. The van der Waals surface area contributed by atoms with Gasteiger partial charge in [0.1, 0.15) is 16.6 Å². The Labute approximate surface area is 176 Å². The molecule has 3 aromatic rings. The number of nitrogens with zero attached hydrogens (tertiary/aromatic N) is 2. The van der Waals surface area contributed by atoms with E-state index in [0.717, 1.165) is 40.0 Å². The molecule has 1 aliphatic rings. The van der Waals surface area contributed by atoms with Gasteiger partial charge < -0.3 is 20.7 Å². The van der Waals surface area contributed by atoms with Gasteiger partial charge in [0.05, 0.1) is 28.3 Å². The van der Waals surface area contributed by atoms with E-state index in [1.165, 1.54) is 0 Å². The van der Waals surface area contributed by atoms with Gasteiger partial charge in [-0.3, -0.25) is 0 Å². The monoisotopic (exact) mass is 429 g/mol. The van der Waals surface area contributed by atoms with Gasteiger partial charge in [0.15, 0.2) is 0 Å². The summed E-state index contributed by atoms with van der Waals surface area (Å²) in [5.41, 5.74) is 4.47. The Kier molecular flexibility index (Phi) is 5.38. The van der Waals surface area contributed by atoms with E-state index in [2.05, 4.69) is 25.9 Å². The largest absolute Gasteiger partial charge is 0.386 e. The van der Waals surface area contributed by atoms with Gasteiger partial charge in [0.25, 0.3) is 0 Å². The van der Waals surface area contributed by atoms with Crippen molar-refractivity contribution in [3.05, 3.63) is 39.5 Å². The second-order valence-electron chi connectivity index (χ2n) is 6.93. The molecule has 3 N–H and O–H groups in total. The second-order valence-corrected chi connectivity index (χ2v) is 8.55. The molecule has 0 unspecified atom stereocenters. The second kappa shape index (κ2) is 7.96. The van der Waals surface area contributed by atoms with Crippen molar-refractivity contribution in [2.24, 2.45) is 0 Å². The Morgan fingerprint density at radius 1 is 1.31 bits per heavy atom. The smallest absolute Gasteiger partial charge is 0.323 e. The average Bonchev–Trinajstić information content (AvgIpc) is 3.42. The number of aromatic nitrogens is 2. The molecule has 1 fully saturated rings. The molecule has 2 aromatic heterocycles. The van der Waals surface area contributed by atoms with Crippen LogP contribution >= 0.6 is 22.9 Å². The summed E-state index contributed by atoms with van der Waals surface area (Å²) in [4.78, 5) is 33.7. The molecule has 0 radical (unpaired) electrons. The van der Waals surface area contributed by atoms with Crippen LogP contribution in [-0.2, 0) is 11.2 Å². The lowest BCUT2D eigenvalue weighted by Crippen LogP contribution is -2.21. The van der Waals surface area contributed by atoms with Crippen LogP contribution in [0.3, 0.4) is 0 Å². The number of hydrogen-bond donors (Lipinski definition) is 3. The first-order chi connectivity index (χ1) is 14.0. The Balaban J connectivity index is 1.63. The minimum absolute atomic E-state index is 0.197. The third-order valence-electron chi connectivity index (χ3n) is 4.79. The number of anilines is 3. The average molecular weight is 430 g/mol. The first-order valence-corrected chi connectivity index (χ1v) is 10.5. The van der Waals surface area contributed by atoms with Crippen LogP contribution in [-0.4, -0.2) is 29.3 Å². The van der Waals surface area contributed by atoms with Crippen molar-refractivity contribution in [2.45, 2.75) is 32.1 Å². The predicted molar refractivity (Wildman–Crippen MR) is 118 cm³/mol. The van der Waals surface area contributed by atoms with E-state index in [0.29, 0.717) is 33.6 Å². The summed E-state index contributed by atoms with van der Waals surface area (Å²) in [6, 6.07) is 2.95. The summed E-state index contributed by atoms with van der Waals surface area (Å²) >= 11 is 7.72. The molecule has 0 saturated heterocycles. The van der Waals surface area contributed by atoms with Gasteiger partial charge in [-0.15, -0.1) is 0 Å². The summed E-state index contributed by atoms with van der Waals surface area (Å²) in [5.74, 6) is 0.399. The fourth-order valence-corrected chi connectivity index (χ4v) is 4.48. The number of benzene rings is 1. The molecule has 1 saturated carbocycles. The number of carbonyl (C=O) groups excluding carboxylic acids is 2. The third-order valence-corrected chi connectivity index (χ3v) is 5.89. The van der Waals surface area contributed by atoms with E-state index < -0.39 is 6.03 Å². The highest BCUT2D eigenvalue weighted by atomic mass is 35.5. The van der Waals surface area contributed by atoms with Crippen LogP contribution in [0, 0.1) is 6.92 Å². The maximum absolute atomic E-state index is 12.8. The van der Waals surface area contributed by atoms with Gasteiger partial charge in [-0.05, 0) is 43.4 Å². The van der Waals surface area contributed by atoms with Gasteiger partial charge >= 0.3 is 6.03 Å². The molecule has 9 heteroatoms. The lowest BCUT2D eigenvalue weighted by Gasteiger charge is -2.16. The molecule has 2 heterocycles. The summed E-state index contributed by atoms with van der Waals surface area (Å²) in [6.07, 6.45) is 4.86. The number of halogens is 1. The van der Waals surface area contributed by atoms with Crippen LogP contribution in [0.15, 0.2) is 18.3 Å². The summed E-state index contributed by atoms with van der Waals surface area (Å²) in [6.45, 7) is 1.96. The normalized spacial score (nSPS) is 13.3. The van der Waals surface area contributed by atoms with E-state index in [-0.39, 0.29) is 6.42 Å². The number of thiazole rings is 1. The standard InChI is InChI=1S/C20H20ClN5O2S/c1-10-24-18-16(11-3-4-11)15(9-23-19(18)29-10)26-20(28)25-14-8-13(21)7-12(5-6-27)17(14)22-2/h6-9,11,22H,3-5H2,1-2H3,(H2,25,26,28).